The van der Waals surface area contributed by atoms with E-state index in [0.29, 0.717) is 19.1 Å². The lowest BCUT2D eigenvalue weighted by Crippen LogP contribution is -2.61. The van der Waals surface area contributed by atoms with Gasteiger partial charge in [-0.15, -0.1) is 0 Å². The average Bonchev–Trinajstić information content (AvgIpc) is 2.91. The van der Waals surface area contributed by atoms with Gasteiger partial charge in [0.05, 0.1) is 62.9 Å². The molecule has 0 aromatic rings. The molecule has 0 spiro atoms. The molecule has 264 valence electrons. The number of nitrogens with zero attached hydrogens (tertiary/aromatic N) is 2. The van der Waals surface area contributed by atoms with E-state index in [9.17, 15) is 28.0 Å². The van der Waals surface area contributed by atoms with Crippen LogP contribution >= 0.6 is 0 Å². The van der Waals surface area contributed by atoms with Crippen LogP contribution in [0.25, 0.3) is 0 Å². The van der Waals surface area contributed by atoms with E-state index in [-0.39, 0.29) is 37.4 Å². The SMILES string of the molecule is CCCCCCCCCCCCCCCCCC[N+](C)(C)CCC[Si]1(O)OCC[N+](CCO)(CC(O)CS(=O)(=O)[O-])CCO1. The third-order valence-corrected chi connectivity index (χ3v) is 12.3. The highest BCUT2D eigenvalue weighted by molar-refractivity contribution is 7.85. The summed E-state index contributed by atoms with van der Waals surface area (Å²) in [7, 11) is -3.43. The second-order valence-electron chi connectivity index (χ2n) is 14.0. The molecular formula is C32H69N2O8SSi+. The maximum absolute atomic E-state index is 11.1. The first-order chi connectivity index (χ1) is 20.8. The molecule has 3 N–H and O–H groups in total. The molecule has 0 bridgehead atoms. The van der Waals surface area contributed by atoms with Gasteiger partial charge in [0.1, 0.15) is 32.3 Å². The van der Waals surface area contributed by atoms with Crippen LogP contribution in [-0.4, -0.2) is 131 Å². The van der Waals surface area contributed by atoms with Crippen molar-refractivity contribution >= 4 is 18.9 Å². The molecule has 0 aromatic carbocycles. The highest BCUT2D eigenvalue weighted by atomic mass is 32.2. The van der Waals surface area contributed by atoms with Crippen molar-refractivity contribution in [1.29, 1.82) is 0 Å². The van der Waals surface area contributed by atoms with E-state index in [0.717, 1.165) is 24.0 Å². The minimum Gasteiger partial charge on any atom is -0.748 e. The van der Waals surface area contributed by atoms with E-state index in [1.165, 1.54) is 103 Å². The highest BCUT2D eigenvalue weighted by Crippen LogP contribution is 2.21. The van der Waals surface area contributed by atoms with Crippen molar-refractivity contribution < 1.29 is 45.8 Å². The van der Waals surface area contributed by atoms with Crippen LogP contribution in [0.1, 0.15) is 116 Å². The molecule has 1 aliphatic heterocycles. The fourth-order valence-electron chi connectivity index (χ4n) is 6.47. The van der Waals surface area contributed by atoms with Gasteiger partial charge < -0.3 is 37.4 Å². The number of hydrogen-bond acceptors (Lipinski definition) is 8. The van der Waals surface area contributed by atoms with E-state index in [4.69, 9.17) is 8.85 Å². The maximum atomic E-state index is 11.1. The third kappa shape index (κ3) is 21.6. The van der Waals surface area contributed by atoms with Crippen LogP contribution < -0.4 is 0 Å². The lowest BCUT2D eigenvalue weighted by molar-refractivity contribution is -0.931. The van der Waals surface area contributed by atoms with E-state index in [2.05, 4.69) is 21.0 Å². The predicted molar refractivity (Wildman–Crippen MR) is 178 cm³/mol. The summed E-state index contributed by atoms with van der Waals surface area (Å²) in [5.74, 6) is -0.869. The number of aliphatic hydroxyl groups is 2. The molecule has 1 saturated heterocycles. The second kappa shape index (κ2) is 23.2. The molecule has 0 radical (unpaired) electrons. The van der Waals surface area contributed by atoms with E-state index < -0.39 is 30.8 Å². The van der Waals surface area contributed by atoms with Crippen molar-refractivity contribution in [2.75, 3.05) is 78.9 Å². The molecule has 1 atom stereocenters. The summed E-state index contributed by atoms with van der Waals surface area (Å²) in [6.07, 6.45) is 21.4. The number of aliphatic hydroxyl groups excluding tert-OH is 2. The van der Waals surface area contributed by atoms with Crippen LogP contribution in [0.5, 0.6) is 0 Å². The Kier molecular flexibility index (Phi) is 22.1. The Morgan fingerprint density at radius 1 is 0.795 bits per heavy atom. The standard InChI is InChI=1S/C32H69N2O8SSi/c1-4-5-6-7-8-9-10-11-12-13-14-15-16-17-18-19-21-33(2,3)22-20-29-44(40)41-27-24-34(23-26-35,25-28-42-44)30-32(36)31-43(37,38)39/h32,35-36,40H,4-31H2,1-3H3/q+1. The fourth-order valence-corrected chi connectivity index (χ4v) is 8.84. The Bertz CT molecular complexity index is 808. The summed E-state index contributed by atoms with van der Waals surface area (Å²) in [5, 5.41) is 19.7. The molecule has 1 aliphatic rings. The van der Waals surface area contributed by atoms with Crippen LogP contribution in [-0.2, 0) is 19.0 Å². The van der Waals surface area contributed by atoms with Crippen molar-refractivity contribution in [3.63, 3.8) is 0 Å². The van der Waals surface area contributed by atoms with Crippen molar-refractivity contribution in [3.05, 3.63) is 0 Å². The van der Waals surface area contributed by atoms with Gasteiger partial charge in [0, 0.05) is 12.5 Å². The zero-order valence-corrected chi connectivity index (χ0v) is 30.4. The van der Waals surface area contributed by atoms with Crippen LogP contribution in [0.3, 0.4) is 0 Å². The molecule has 44 heavy (non-hydrogen) atoms. The van der Waals surface area contributed by atoms with Crippen LogP contribution in [0.2, 0.25) is 6.04 Å². The first kappa shape index (κ1) is 41.9. The third-order valence-electron chi connectivity index (χ3n) is 9.23. The number of quaternary nitrogens is 2. The molecule has 1 heterocycles. The zero-order chi connectivity index (χ0) is 32.8. The maximum Gasteiger partial charge on any atom is 0.498 e. The number of unbranched alkanes of at least 4 members (excludes halogenated alkanes) is 15. The normalized spacial score (nSPS) is 22.5. The molecule has 1 unspecified atom stereocenters. The van der Waals surface area contributed by atoms with Gasteiger partial charge >= 0.3 is 8.80 Å². The predicted octanol–water partition coefficient (Wildman–Crippen LogP) is 4.41. The first-order valence-corrected chi connectivity index (χ1v) is 21.3. The van der Waals surface area contributed by atoms with E-state index >= 15 is 0 Å². The monoisotopic (exact) mass is 669 g/mol. The average molecular weight is 670 g/mol. The summed E-state index contributed by atoms with van der Waals surface area (Å²) >= 11 is 0. The van der Waals surface area contributed by atoms with Gasteiger partial charge in [0.15, 0.2) is 0 Å². The summed E-state index contributed by atoms with van der Waals surface area (Å²) in [5.41, 5.74) is 0. The molecule has 0 aromatic heterocycles. The molecule has 10 nitrogen and oxygen atoms in total. The molecule has 0 aliphatic carbocycles. The van der Waals surface area contributed by atoms with Gasteiger partial charge in [-0.1, -0.05) is 96.8 Å². The van der Waals surface area contributed by atoms with Gasteiger partial charge in [-0.05, 0) is 12.8 Å². The van der Waals surface area contributed by atoms with Crippen LogP contribution in [0.4, 0.5) is 0 Å². The van der Waals surface area contributed by atoms with Crippen molar-refractivity contribution in [2.45, 2.75) is 128 Å². The fraction of sp³-hybridized carbons (Fsp3) is 1.00. The molecule has 12 heteroatoms. The molecule has 1 rings (SSSR count). The lowest BCUT2D eigenvalue weighted by Gasteiger charge is -2.42. The second-order valence-corrected chi connectivity index (χ2v) is 17.9. The van der Waals surface area contributed by atoms with Crippen molar-refractivity contribution in [2.24, 2.45) is 0 Å². The van der Waals surface area contributed by atoms with Crippen LogP contribution in [0.15, 0.2) is 0 Å². The molecular weight excluding hydrogens is 601 g/mol. The van der Waals surface area contributed by atoms with Gasteiger partial charge in [-0.25, -0.2) is 8.42 Å². The van der Waals surface area contributed by atoms with Gasteiger partial charge in [-0.2, -0.15) is 0 Å². The summed E-state index contributed by atoms with van der Waals surface area (Å²) < 4.78 is 46.0. The summed E-state index contributed by atoms with van der Waals surface area (Å²) in [6.45, 7) is 5.56. The summed E-state index contributed by atoms with van der Waals surface area (Å²) in [4.78, 5) is 11.1. The Balaban J connectivity index is 2.18. The van der Waals surface area contributed by atoms with Gasteiger partial charge in [0.25, 0.3) is 0 Å². The quantitative estimate of drug-likeness (QED) is 0.0507. The minimum atomic E-state index is -4.56. The minimum absolute atomic E-state index is 0.000237. The van der Waals surface area contributed by atoms with E-state index in [1.807, 2.05) is 0 Å². The largest absolute Gasteiger partial charge is 0.748 e. The van der Waals surface area contributed by atoms with Crippen molar-refractivity contribution in [3.8, 4) is 0 Å². The van der Waals surface area contributed by atoms with Crippen molar-refractivity contribution in [1.82, 2.24) is 0 Å². The molecule has 0 amide bonds. The molecule has 1 fully saturated rings. The Morgan fingerprint density at radius 3 is 1.66 bits per heavy atom. The lowest BCUT2D eigenvalue weighted by atomic mass is 10.0. The first-order valence-electron chi connectivity index (χ1n) is 17.7. The molecule has 0 saturated carbocycles. The van der Waals surface area contributed by atoms with Crippen LogP contribution in [0, 0.1) is 0 Å². The topological polar surface area (TPSA) is 136 Å². The summed E-state index contributed by atoms with van der Waals surface area (Å²) in [6, 6.07) is 0.477. The van der Waals surface area contributed by atoms with Gasteiger partial charge in [-0.3, -0.25) is 0 Å². The smallest absolute Gasteiger partial charge is 0.498 e. The number of hydrogen-bond donors (Lipinski definition) is 3. The highest BCUT2D eigenvalue weighted by Gasteiger charge is 2.42. The zero-order valence-electron chi connectivity index (χ0n) is 28.6. The van der Waals surface area contributed by atoms with Gasteiger partial charge in [0.2, 0.25) is 0 Å². The van der Waals surface area contributed by atoms with E-state index in [1.54, 1.807) is 0 Å². The Hall–Kier alpha value is -0.153. The number of rotatable bonds is 27. The Labute approximate surface area is 271 Å². The Morgan fingerprint density at radius 2 is 1.23 bits per heavy atom.